The molecular weight excluding hydrogens is 458 g/mol. The Morgan fingerprint density at radius 3 is 2.39 bits per heavy atom. The summed E-state index contributed by atoms with van der Waals surface area (Å²) < 4.78 is 2.72. The molecule has 1 aromatic heterocycles. The Morgan fingerprint density at radius 1 is 1.06 bits per heavy atom. The van der Waals surface area contributed by atoms with Crippen molar-refractivity contribution in [2.24, 2.45) is 0 Å². The molecule has 2 amide bonds. The van der Waals surface area contributed by atoms with Crippen LogP contribution in [0.3, 0.4) is 0 Å². The molecule has 0 bridgehead atoms. The van der Waals surface area contributed by atoms with Gasteiger partial charge in [-0.05, 0) is 36.1 Å². The van der Waals surface area contributed by atoms with Crippen LogP contribution in [0.15, 0.2) is 65.4 Å². The summed E-state index contributed by atoms with van der Waals surface area (Å²) in [6.45, 7) is 3.22. The predicted octanol–water partition coefficient (Wildman–Crippen LogP) is 3.61. The van der Waals surface area contributed by atoms with Crippen LogP contribution in [-0.4, -0.2) is 44.6 Å². The summed E-state index contributed by atoms with van der Waals surface area (Å²) in [7, 11) is 0. The number of anilines is 1. The van der Waals surface area contributed by atoms with Crippen LogP contribution in [0.2, 0.25) is 0 Å². The number of carbonyl (C=O) groups is 2. The molecule has 2 aromatic carbocycles. The fourth-order valence-electron chi connectivity index (χ4n) is 4.03. The van der Waals surface area contributed by atoms with E-state index in [0.717, 1.165) is 15.6 Å². The van der Waals surface area contributed by atoms with Gasteiger partial charge in [-0.25, -0.2) is 9.67 Å². The Kier molecular flexibility index (Phi) is 6.18. The first-order valence-electron chi connectivity index (χ1n) is 10.2. The van der Waals surface area contributed by atoms with Gasteiger partial charge in [-0.1, -0.05) is 58.4 Å². The van der Waals surface area contributed by atoms with E-state index in [1.807, 2.05) is 54.6 Å². The molecular formula is C23H24BrN5O2. The monoisotopic (exact) mass is 481 g/mol. The highest BCUT2D eigenvalue weighted by atomic mass is 79.9. The lowest BCUT2D eigenvalue weighted by Gasteiger charge is -2.40. The van der Waals surface area contributed by atoms with Crippen molar-refractivity contribution in [3.63, 3.8) is 0 Å². The predicted molar refractivity (Wildman–Crippen MR) is 122 cm³/mol. The van der Waals surface area contributed by atoms with E-state index in [1.54, 1.807) is 22.8 Å². The summed E-state index contributed by atoms with van der Waals surface area (Å²) in [5.41, 5.74) is 1.32. The molecule has 4 rings (SSSR count). The van der Waals surface area contributed by atoms with Gasteiger partial charge in [-0.15, -0.1) is 5.10 Å². The van der Waals surface area contributed by atoms with Crippen molar-refractivity contribution in [3.05, 3.63) is 76.5 Å². The number of halogens is 1. The van der Waals surface area contributed by atoms with Gasteiger partial charge < -0.3 is 4.90 Å². The van der Waals surface area contributed by atoms with Crippen LogP contribution >= 0.6 is 15.9 Å². The molecule has 0 spiro atoms. The fraction of sp³-hybridized carbons (Fsp3) is 0.304. The number of nitrogens with zero attached hydrogens (tertiary/aromatic N) is 4. The molecule has 0 saturated carbocycles. The average molecular weight is 482 g/mol. The van der Waals surface area contributed by atoms with Crippen molar-refractivity contribution < 1.29 is 9.59 Å². The van der Waals surface area contributed by atoms with Crippen LogP contribution in [0.5, 0.6) is 0 Å². The Bertz CT molecular complexity index is 1060. The minimum absolute atomic E-state index is 0.0374. The number of nitrogens with one attached hydrogen (secondary N) is 1. The lowest BCUT2D eigenvalue weighted by Crippen LogP contribution is -2.50. The van der Waals surface area contributed by atoms with E-state index in [1.165, 1.54) is 0 Å². The van der Waals surface area contributed by atoms with Gasteiger partial charge in [-0.2, -0.15) is 0 Å². The molecule has 1 saturated heterocycles. The smallest absolute Gasteiger partial charge is 0.248 e. The van der Waals surface area contributed by atoms with Gasteiger partial charge in [0.25, 0.3) is 0 Å². The van der Waals surface area contributed by atoms with Gasteiger partial charge in [0.1, 0.15) is 6.33 Å². The summed E-state index contributed by atoms with van der Waals surface area (Å²) in [5.74, 6) is 0.185. The normalized spacial score (nSPS) is 15.5. The number of amides is 2. The van der Waals surface area contributed by atoms with Crippen molar-refractivity contribution in [2.45, 2.75) is 31.7 Å². The third-order valence-electron chi connectivity index (χ3n) is 5.84. The van der Waals surface area contributed by atoms with Gasteiger partial charge in [-0.3, -0.25) is 14.9 Å². The summed E-state index contributed by atoms with van der Waals surface area (Å²) >= 11 is 3.43. The van der Waals surface area contributed by atoms with Gasteiger partial charge >= 0.3 is 0 Å². The van der Waals surface area contributed by atoms with Crippen LogP contribution in [0.4, 0.5) is 5.95 Å². The molecule has 0 atom stereocenters. The molecule has 7 nitrogen and oxygen atoms in total. The zero-order valence-corrected chi connectivity index (χ0v) is 18.9. The molecule has 0 aliphatic carbocycles. The number of aromatic nitrogens is 3. The third kappa shape index (κ3) is 4.69. The molecule has 3 aromatic rings. The molecule has 1 N–H and O–H groups in total. The molecule has 2 heterocycles. The van der Waals surface area contributed by atoms with E-state index in [-0.39, 0.29) is 17.8 Å². The van der Waals surface area contributed by atoms with Gasteiger partial charge in [0.2, 0.25) is 17.8 Å². The summed E-state index contributed by atoms with van der Waals surface area (Å²) in [4.78, 5) is 31.3. The van der Waals surface area contributed by atoms with Crippen LogP contribution in [0.25, 0.3) is 0 Å². The molecule has 0 unspecified atom stereocenters. The van der Waals surface area contributed by atoms with E-state index in [0.29, 0.717) is 32.5 Å². The lowest BCUT2D eigenvalue weighted by atomic mass is 9.72. The fourth-order valence-corrected chi connectivity index (χ4v) is 4.30. The number of benzene rings is 2. The highest BCUT2D eigenvalue weighted by Gasteiger charge is 2.43. The van der Waals surface area contributed by atoms with E-state index < -0.39 is 5.41 Å². The number of likely N-dealkylation sites (tertiary alicyclic amines) is 1. The van der Waals surface area contributed by atoms with Crippen molar-refractivity contribution >= 4 is 33.7 Å². The van der Waals surface area contributed by atoms with Crippen LogP contribution in [0, 0.1) is 0 Å². The van der Waals surface area contributed by atoms with Gasteiger partial charge in [0.15, 0.2) is 0 Å². The van der Waals surface area contributed by atoms with Gasteiger partial charge in [0.05, 0.1) is 12.0 Å². The summed E-state index contributed by atoms with van der Waals surface area (Å²) in [6, 6.07) is 17.7. The minimum Gasteiger partial charge on any atom is -0.343 e. The van der Waals surface area contributed by atoms with Gasteiger partial charge in [0, 0.05) is 24.5 Å². The summed E-state index contributed by atoms with van der Waals surface area (Å²) in [6.07, 6.45) is 2.73. The number of piperidine rings is 1. The molecule has 1 fully saturated rings. The largest absolute Gasteiger partial charge is 0.343 e. The second-order valence-electron chi connectivity index (χ2n) is 7.80. The third-order valence-corrected chi connectivity index (χ3v) is 6.37. The van der Waals surface area contributed by atoms with Crippen LogP contribution < -0.4 is 5.32 Å². The number of carbonyl (C=O) groups excluding carboxylic acids is 2. The highest BCUT2D eigenvalue weighted by molar-refractivity contribution is 9.10. The molecule has 8 heteroatoms. The van der Waals surface area contributed by atoms with E-state index in [2.05, 4.69) is 31.3 Å². The highest BCUT2D eigenvalue weighted by Crippen LogP contribution is 2.36. The molecule has 1 aliphatic rings. The second-order valence-corrected chi connectivity index (χ2v) is 8.72. The van der Waals surface area contributed by atoms with Crippen molar-refractivity contribution in [2.75, 3.05) is 18.4 Å². The number of hydrogen-bond acceptors (Lipinski definition) is 4. The molecule has 1 aliphatic heterocycles. The maximum Gasteiger partial charge on any atom is 0.248 e. The maximum absolute atomic E-state index is 13.5. The maximum atomic E-state index is 13.5. The standard InChI is InChI=1S/C23H24BrN5O2/c1-17(30)28-13-11-23(12-14-28,19-5-3-2-4-6-19)21(31)26-22-25-16-29(27-22)15-18-7-9-20(24)10-8-18/h2-10,16H,11-15H2,1H3,(H,26,27,31). The first-order valence-corrected chi connectivity index (χ1v) is 11.0. The first-order chi connectivity index (χ1) is 15.0. The number of hydrogen-bond donors (Lipinski definition) is 1. The second kappa shape index (κ2) is 9.01. The van der Waals surface area contributed by atoms with Crippen molar-refractivity contribution in [1.82, 2.24) is 19.7 Å². The first kappa shape index (κ1) is 21.2. The molecule has 31 heavy (non-hydrogen) atoms. The Balaban J connectivity index is 1.51. The van der Waals surface area contributed by atoms with Crippen LogP contribution in [0.1, 0.15) is 30.9 Å². The average Bonchev–Trinajstić information content (AvgIpc) is 3.22. The SMILES string of the molecule is CC(=O)N1CCC(C(=O)Nc2ncn(Cc3ccc(Br)cc3)n2)(c2ccccc2)CC1. The minimum atomic E-state index is -0.718. The Labute approximate surface area is 189 Å². The summed E-state index contributed by atoms with van der Waals surface area (Å²) in [5, 5.41) is 7.35. The van der Waals surface area contributed by atoms with Crippen LogP contribution in [-0.2, 0) is 21.5 Å². The zero-order valence-electron chi connectivity index (χ0n) is 17.3. The van der Waals surface area contributed by atoms with E-state index in [4.69, 9.17) is 0 Å². The van der Waals surface area contributed by atoms with E-state index in [9.17, 15) is 9.59 Å². The lowest BCUT2D eigenvalue weighted by molar-refractivity contribution is -0.133. The quantitative estimate of drug-likeness (QED) is 0.603. The zero-order chi connectivity index (χ0) is 21.8. The Morgan fingerprint density at radius 2 is 1.74 bits per heavy atom. The van der Waals surface area contributed by atoms with E-state index >= 15 is 0 Å². The molecule has 160 valence electrons. The van der Waals surface area contributed by atoms with Crippen molar-refractivity contribution in [3.8, 4) is 0 Å². The molecule has 0 radical (unpaired) electrons. The topological polar surface area (TPSA) is 80.1 Å². The van der Waals surface area contributed by atoms with Crippen molar-refractivity contribution in [1.29, 1.82) is 0 Å². The Hall–Kier alpha value is -3.00. The number of rotatable bonds is 5.